The molecule has 1 amide bonds. The molecule has 2 rings (SSSR count). The second kappa shape index (κ2) is 10.9. The zero-order valence-electron chi connectivity index (χ0n) is 14.6. The predicted octanol–water partition coefficient (Wildman–Crippen LogP) is 4.03. The number of aliphatic imine (C=N–C) groups is 1. The fourth-order valence-electron chi connectivity index (χ4n) is 2.12. The SMILES string of the molecule is COc1cccc(NC(N)=NCCC(=O)Nc2cccc(Cl)c2C)c1.I. The number of benzene rings is 2. The Kier molecular flexibility index (Phi) is 9.22. The Hall–Kier alpha value is -2.00. The molecule has 2 aromatic carbocycles. The van der Waals surface area contributed by atoms with E-state index in [-0.39, 0.29) is 48.8 Å². The van der Waals surface area contributed by atoms with E-state index in [1.165, 1.54) is 0 Å². The number of nitrogens with one attached hydrogen (secondary N) is 2. The minimum atomic E-state index is -0.150. The van der Waals surface area contributed by atoms with Crippen molar-refractivity contribution in [2.45, 2.75) is 13.3 Å². The highest BCUT2D eigenvalue weighted by Crippen LogP contribution is 2.23. The third-order valence-corrected chi connectivity index (χ3v) is 3.91. The molecule has 0 aliphatic carbocycles. The third-order valence-electron chi connectivity index (χ3n) is 3.50. The van der Waals surface area contributed by atoms with Gasteiger partial charge in [-0.3, -0.25) is 9.79 Å². The van der Waals surface area contributed by atoms with Crippen molar-refractivity contribution in [3.05, 3.63) is 53.1 Å². The number of carbonyl (C=O) groups is 1. The van der Waals surface area contributed by atoms with Crippen molar-refractivity contribution in [2.24, 2.45) is 10.7 Å². The molecule has 0 heterocycles. The number of ether oxygens (including phenoxy) is 1. The third kappa shape index (κ3) is 6.72. The van der Waals surface area contributed by atoms with Crippen LogP contribution in [0, 0.1) is 6.92 Å². The van der Waals surface area contributed by atoms with Crippen LogP contribution in [0.4, 0.5) is 11.4 Å². The normalized spacial score (nSPS) is 10.7. The Morgan fingerprint density at radius 3 is 2.69 bits per heavy atom. The first-order valence-electron chi connectivity index (χ1n) is 7.75. The molecule has 26 heavy (non-hydrogen) atoms. The van der Waals surface area contributed by atoms with Gasteiger partial charge in [-0.25, -0.2) is 0 Å². The van der Waals surface area contributed by atoms with Crippen LogP contribution in [0.25, 0.3) is 0 Å². The fraction of sp³-hybridized carbons (Fsp3) is 0.222. The Morgan fingerprint density at radius 2 is 1.96 bits per heavy atom. The van der Waals surface area contributed by atoms with Crippen LogP contribution in [-0.4, -0.2) is 25.5 Å². The largest absolute Gasteiger partial charge is 0.497 e. The van der Waals surface area contributed by atoms with E-state index in [2.05, 4.69) is 15.6 Å². The first kappa shape index (κ1) is 22.0. The summed E-state index contributed by atoms with van der Waals surface area (Å²) >= 11 is 6.03. The molecule has 0 bridgehead atoms. The number of anilines is 2. The molecule has 0 aromatic heterocycles. The lowest BCUT2D eigenvalue weighted by atomic mass is 10.2. The standard InChI is InChI=1S/C18H21ClN4O2.HI/c1-12-15(19)7-4-8-16(12)23-17(24)9-10-21-18(20)22-13-5-3-6-14(11-13)25-2;/h3-8,11H,9-10H2,1-2H3,(H,23,24)(H3,20,21,22);1H. The predicted molar refractivity (Wildman–Crippen MR) is 118 cm³/mol. The van der Waals surface area contributed by atoms with Crippen LogP contribution in [0.15, 0.2) is 47.5 Å². The smallest absolute Gasteiger partial charge is 0.226 e. The number of nitrogens with two attached hydrogens (primary N) is 1. The summed E-state index contributed by atoms with van der Waals surface area (Å²) in [7, 11) is 1.59. The molecule has 0 fully saturated rings. The Bertz CT molecular complexity index is 784. The number of rotatable bonds is 6. The molecule has 0 radical (unpaired) electrons. The van der Waals surface area contributed by atoms with E-state index in [0.717, 1.165) is 11.3 Å². The number of methoxy groups -OCH3 is 1. The summed E-state index contributed by atoms with van der Waals surface area (Å²) in [4.78, 5) is 16.2. The van der Waals surface area contributed by atoms with Gasteiger partial charge < -0.3 is 21.1 Å². The monoisotopic (exact) mass is 488 g/mol. The van der Waals surface area contributed by atoms with Crippen molar-refractivity contribution in [3.63, 3.8) is 0 Å². The fourth-order valence-corrected chi connectivity index (χ4v) is 2.30. The van der Waals surface area contributed by atoms with E-state index in [1.807, 2.05) is 25.1 Å². The molecule has 8 heteroatoms. The molecule has 0 aliphatic rings. The lowest BCUT2D eigenvalue weighted by Gasteiger charge is -2.09. The molecular weight excluding hydrogens is 467 g/mol. The van der Waals surface area contributed by atoms with E-state index in [9.17, 15) is 4.79 Å². The number of hydrogen-bond acceptors (Lipinski definition) is 3. The van der Waals surface area contributed by atoms with Gasteiger partial charge in [-0.15, -0.1) is 24.0 Å². The van der Waals surface area contributed by atoms with Crippen molar-refractivity contribution in [1.82, 2.24) is 0 Å². The zero-order chi connectivity index (χ0) is 18.2. The van der Waals surface area contributed by atoms with Crippen LogP contribution in [0.2, 0.25) is 5.02 Å². The number of hydrogen-bond donors (Lipinski definition) is 3. The average Bonchev–Trinajstić information content (AvgIpc) is 2.59. The van der Waals surface area contributed by atoms with Crippen LogP contribution in [0.5, 0.6) is 5.75 Å². The summed E-state index contributed by atoms with van der Waals surface area (Å²) in [6, 6.07) is 12.7. The van der Waals surface area contributed by atoms with Crippen molar-refractivity contribution in [2.75, 3.05) is 24.3 Å². The Labute approximate surface area is 175 Å². The average molecular weight is 489 g/mol. The van der Waals surface area contributed by atoms with Gasteiger partial charge in [-0.05, 0) is 36.8 Å². The molecule has 0 spiro atoms. The molecule has 0 aliphatic heterocycles. The van der Waals surface area contributed by atoms with Crippen molar-refractivity contribution in [3.8, 4) is 5.75 Å². The summed E-state index contributed by atoms with van der Waals surface area (Å²) in [5, 5.41) is 6.39. The summed E-state index contributed by atoms with van der Waals surface area (Å²) in [6.07, 6.45) is 0.215. The van der Waals surface area contributed by atoms with E-state index in [1.54, 1.807) is 31.4 Å². The quantitative estimate of drug-likeness (QED) is 0.325. The lowest BCUT2D eigenvalue weighted by molar-refractivity contribution is -0.116. The molecule has 0 unspecified atom stereocenters. The molecule has 0 saturated heterocycles. The highest BCUT2D eigenvalue weighted by molar-refractivity contribution is 14.0. The first-order valence-corrected chi connectivity index (χ1v) is 8.13. The van der Waals surface area contributed by atoms with Crippen molar-refractivity contribution in [1.29, 1.82) is 0 Å². The van der Waals surface area contributed by atoms with Crippen LogP contribution in [0.3, 0.4) is 0 Å². The van der Waals surface area contributed by atoms with Gasteiger partial charge >= 0.3 is 0 Å². The molecule has 0 saturated carbocycles. The maximum atomic E-state index is 12.0. The van der Waals surface area contributed by atoms with E-state index < -0.39 is 0 Å². The number of nitrogens with zero attached hydrogens (tertiary/aromatic N) is 1. The molecule has 6 nitrogen and oxygen atoms in total. The van der Waals surface area contributed by atoms with Gasteiger partial charge in [0.2, 0.25) is 5.91 Å². The number of amides is 1. The zero-order valence-corrected chi connectivity index (χ0v) is 17.7. The second-order valence-corrected chi connectivity index (χ2v) is 5.74. The number of halogens is 2. The lowest BCUT2D eigenvalue weighted by Crippen LogP contribution is -2.23. The Morgan fingerprint density at radius 1 is 1.23 bits per heavy atom. The highest BCUT2D eigenvalue weighted by atomic mass is 127. The molecule has 2 aromatic rings. The van der Waals surface area contributed by atoms with Crippen molar-refractivity contribution >= 4 is 58.8 Å². The Balaban J connectivity index is 0.00000338. The summed E-state index contributed by atoms with van der Waals surface area (Å²) < 4.78 is 5.14. The topological polar surface area (TPSA) is 88.7 Å². The van der Waals surface area contributed by atoms with Crippen LogP contribution < -0.4 is 21.1 Å². The van der Waals surface area contributed by atoms with Crippen molar-refractivity contribution < 1.29 is 9.53 Å². The van der Waals surface area contributed by atoms with Crippen LogP contribution in [-0.2, 0) is 4.79 Å². The van der Waals surface area contributed by atoms with Gasteiger partial charge in [0.1, 0.15) is 5.75 Å². The molecule has 0 atom stereocenters. The first-order chi connectivity index (χ1) is 12.0. The number of guanidine groups is 1. The number of carbonyl (C=O) groups excluding carboxylic acids is 1. The highest BCUT2D eigenvalue weighted by Gasteiger charge is 2.06. The molecule has 140 valence electrons. The van der Waals surface area contributed by atoms with E-state index >= 15 is 0 Å². The van der Waals surface area contributed by atoms with Gasteiger partial charge in [0.25, 0.3) is 0 Å². The van der Waals surface area contributed by atoms with Gasteiger partial charge in [-0.1, -0.05) is 23.7 Å². The van der Waals surface area contributed by atoms with Gasteiger partial charge in [-0.2, -0.15) is 0 Å². The van der Waals surface area contributed by atoms with E-state index in [0.29, 0.717) is 16.5 Å². The van der Waals surface area contributed by atoms with Gasteiger partial charge in [0.05, 0.1) is 13.7 Å². The molecular formula is C18H22ClIN4O2. The van der Waals surface area contributed by atoms with Crippen LogP contribution in [0.1, 0.15) is 12.0 Å². The second-order valence-electron chi connectivity index (χ2n) is 5.33. The molecule has 4 N–H and O–H groups in total. The van der Waals surface area contributed by atoms with Crippen LogP contribution >= 0.6 is 35.6 Å². The minimum Gasteiger partial charge on any atom is -0.497 e. The van der Waals surface area contributed by atoms with E-state index in [4.69, 9.17) is 22.1 Å². The van der Waals surface area contributed by atoms with Gasteiger partial charge in [0.15, 0.2) is 5.96 Å². The maximum Gasteiger partial charge on any atom is 0.226 e. The summed E-state index contributed by atoms with van der Waals surface area (Å²) in [5.41, 5.74) is 8.12. The minimum absolute atomic E-state index is 0. The van der Waals surface area contributed by atoms with Gasteiger partial charge in [0, 0.05) is 28.9 Å². The summed E-state index contributed by atoms with van der Waals surface area (Å²) in [6.45, 7) is 2.13. The maximum absolute atomic E-state index is 12.0. The summed E-state index contributed by atoms with van der Waals surface area (Å²) in [5.74, 6) is 0.803.